The number of nitro benzene ring substituents is 1. The van der Waals surface area contributed by atoms with Crippen molar-refractivity contribution in [3.63, 3.8) is 0 Å². The standard InChI is InChI=1S/C13H20N2O5S/c1-4-13(5-2,9-16)14-21(19,20)12-8-11(15(17)18)7-6-10(12)3/h6-8,14,16H,4-5,9H2,1-3H3. The van der Waals surface area contributed by atoms with E-state index in [1.165, 1.54) is 12.1 Å². The molecule has 0 aliphatic rings. The van der Waals surface area contributed by atoms with Gasteiger partial charge in [-0.1, -0.05) is 19.9 Å². The van der Waals surface area contributed by atoms with Gasteiger partial charge in [0.25, 0.3) is 5.69 Å². The van der Waals surface area contributed by atoms with Gasteiger partial charge in [-0.05, 0) is 25.3 Å². The number of sulfonamides is 1. The summed E-state index contributed by atoms with van der Waals surface area (Å²) in [5.74, 6) is 0. The topological polar surface area (TPSA) is 110 Å². The van der Waals surface area contributed by atoms with Gasteiger partial charge in [0.05, 0.1) is 22.0 Å². The van der Waals surface area contributed by atoms with E-state index >= 15 is 0 Å². The van der Waals surface area contributed by atoms with Crippen molar-refractivity contribution in [3.8, 4) is 0 Å². The monoisotopic (exact) mass is 316 g/mol. The number of nitro groups is 1. The van der Waals surface area contributed by atoms with Crippen LogP contribution in [0.2, 0.25) is 0 Å². The number of rotatable bonds is 7. The van der Waals surface area contributed by atoms with Crippen LogP contribution in [0.5, 0.6) is 0 Å². The third-order valence-electron chi connectivity index (χ3n) is 3.68. The minimum atomic E-state index is -3.96. The van der Waals surface area contributed by atoms with Crippen molar-refractivity contribution in [2.75, 3.05) is 6.61 Å². The molecule has 0 unspecified atom stereocenters. The number of benzene rings is 1. The van der Waals surface area contributed by atoms with Crippen molar-refractivity contribution in [3.05, 3.63) is 33.9 Å². The average molecular weight is 316 g/mol. The lowest BCUT2D eigenvalue weighted by molar-refractivity contribution is -0.385. The summed E-state index contributed by atoms with van der Waals surface area (Å²) < 4.78 is 27.4. The smallest absolute Gasteiger partial charge is 0.270 e. The van der Waals surface area contributed by atoms with E-state index in [1.54, 1.807) is 20.8 Å². The lowest BCUT2D eigenvalue weighted by Crippen LogP contribution is -2.50. The van der Waals surface area contributed by atoms with Crippen LogP contribution in [0.4, 0.5) is 5.69 Å². The Labute approximate surface area is 124 Å². The minimum Gasteiger partial charge on any atom is -0.394 e. The molecule has 0 spiro atoms. The van der Waals surface area contributed by atoms with Gasteiger partial charge in [-0.25, -0.2) is 13.1 Å². The van der Waals surface area contributed by atoms with Crippen LogP contribution in [-0.4, -0.2) is 30.6 Å². The Morgan fingerprint density at radius 3 is 2.33 bits per heavy atom. The van der Waals surface area contributed by atoms with Gasteiger partial charge in [0, 0.05) is 12.1 Å². The lowest BCUT2D eigenvalue weighted by atomic mass is 9.96. The number of hydrogen-bond donors (Lipinski definition) is 2. The molecule has 118 valence electrons. The Morgan fingerprint density at radius 2 is 1.90 bits per heavy atom. The Bertz CT molecular complexity index is 615. The Morgan fingerprint density at radius 1 is 1.33 bits per heavy atom. The highest BCUT2D eigenvalue weighted by molar-refractivity contribution is 7.89. The summed E-state index contributed by atoms with van der Waals surface area (Å²) in [7, 11) is -3.96. The zero-order valence-electron chi connectivity index (χ0n) is 12.3. The molecular weight excluding hydrogens is 296 g/mol. The summed E-state index contributed by atoms with van der Waals surface area (Å²) in [6.07, 6.45) is 0.820. The average Bonchev–Trinajstić information content (AvgIpc) is 2.45. The molecule has 0 heterocycles. The fourth-order valence-corrected chi connectivity index (χ4v) is 3.78. The molecule has 21 heavy (non-hydrogen) atoms. The molecule has 0 saturated carbocycles. The van der Waals surface area contributed by atoms with Gasteiger partial charge in [0.1, 0.15) is 0 Å². The van der Waals surface area contributed by atoms with Crippen molar-refractivity contribution in [2.45, 2.75) is 44.0 Å². The summed E-state index contributed by atoms with van der Waals surface area (Å²) in [5, 5.41) is 20.3. The summed E-state index contributed by atoms with van der Waals surface area (Å²) in [6, 6.07) is 3.68. The van der Waals surface area contributed by atoms with Crippen molar-refractivity contribution >= 4 is 15.7 Å². The van der Waals surface area contributed by atoms with E-state index in [2.05, 4.69) is 4.72 Å². The number of aliphatic hydroxyl groups is 1. The number of nitrogens with zero attached hydrogens (tertiary/aromatic N) is 1. The van der Waals surface area contributed by atoms with Crippen molar-refractivity contribution in [1.82, 2.24) is 4.72 Å². The Hall–Kier alpha value is -1.51. The molecule has 0 aromatic heterocycles. The zero-order valence-corrected chi connectivity index (χ0v) is 13.1. The number of aryl methyl sites for hydroxylation is 1. The maximum Gasteiger partial charge on any atom is 0.270 e. The molecule has 0 saturated heterocycles. The van der Waals surface area contributed by atoms with Gasteiger partial charge < -0.3 is 5.11 Å². The van der Waals surface area contributed by atoms with Crippen LogP contribution in [0.1, 0.15) is 32.3 Å². The highest BCUT2D eigenvalue weighted by Gasteiger charge is 2.32. The summed E-state index contributed by atoms with van der Waals surface area (Å²) >= 11 is 0. The maximum absolute atomic E-state index is 12.5. The first-order valence-electron chi connectivity index (χ1n) is 6.61. The second kappa shape index (κ2) is 6.50. The number of hydrogen-bond acceptors (Lipinski definition) is 5. The third kappa shape index (κ3) is 3.78. The predicted molar refractivity (Wildman–Crippen MR) is 78.6 cm³/mol. The number of non-ortho nitro benzene ring substituents is 1. The van der Waals surface area contributed by atoms with E-state index in [4.69, 9.17) is 0 Å². The van der Waals surface area contributed by atoms with Gasteiger partial charge in [-0.2, -0.15) is 0 Å². The molecule has 0 atom stereocenters. The molecular formula is C13H20N2O5S. The van der Waals surface area contributed by atoms with Crippen LogP contribution < -0.4 is 4.72 Å². The molecule has 8 heteroatoms. The number of aliphatic hydroxyl groups excluding tert-OH is 1. The van der Waals surface area contributed by atoms with E-state index in [0.29, 0.717) is 18.4 Å². The molecule has 1 rings (SSSR count). The molecule has 1 aromatic rings. The van der Waals surface area contributed by atoms with Crippen LogP contribution in [0.15, 0.2) is 23.1 Å². The second-order valence-electron chi connectivity index (χ2n) is 4.96. The highest BCUT2D eigenvalue weighted by Crippen LogP contribution is 2.24. The molecule has 1 aromatic carbocycles. The van der Waals surface area contributed by atoms with Crippen molar-refractivity contribution in [1.29, 1.82) is 0 Å². The summed E-state index contributed by atoms with van der Waals surface area (Å²) in [5.41, 5.74) is -0.841. The van der Waals surface area contributed by atoms with Gasteiger partial charge in [0.15, 0.2) is 0 Å². The van der Waals surface area contributed by atoms with Crippen LogP contribution in [0.3, 0.4) is 0 Å². The second-order valence-corrected chi connectivity index (χ2v) is 6.61. The van der Waals surface area contributed by atoms with Gasteiger partial charge >= 0.3 is 0 Å². The quantitative estimate of drug-likeness (QED) is 0.588. The van der Waals surface area contributed by atoms with E-state index in [1.807, 2.05) is 0 Å². The van der Waals surface area contributed by atoms with E-state index in [-0.39, 0.29) is 17.2 Å². The highest BCUT2D eigenvalue weighted by atomic mass is 32.2. The molecule has 0 bridgehead atoms. The molecule has 2 N–H and O–H groups in total. The van der Waals surface area contributed by atoms with E-state index < -0.39 is 20.5 Å². The molecule has 0 amide bonds. The van der Waals surface area contributed by atoms with E-state index in [9.17, 15) is 23.6 Å². The summed E-state index contributed by atoms with van der Waals surface area (Å²) in [6.45, 7) is 4.76. The van der Waals surface area contributed by atoms with Gasteiger partial charge in [-0.3, -0.25) is 10.1 Å². The zero-order chi connectivity index (χ0) is 16.3. The molecule has 7 nitrogen and oxygen atoms in total. The Balaban J connectivity index is 3.31. The molecule has 0 aliphatic heterocycles. The number of nitrogens with one attached hydrogen (secondary N) is 1. The van der Waals surface area contributed by atoms with Crippen LogP contribution in [0.25, 0.3) is 0 Å². The third-order valence-corrected chi connectivity index (χ3v) is 5.40. The first-order chi connectivity index (χ1) is 9.71. The Kier molecular flexibility index (Phi) is 5.43. The van der Waals surface area contributed by atoms with Crippen molar-refractivity contribution < 1.29 is 18.4 Å². The van der Waals surface area contributed by atoms with E-state index in [0.717, 1.165) is 6.07 Å². The van der Waals surface area contributed by atoms with Gasteiger partial charge in [-0.15, -0.1) is 0 Å². The van der Waals surface area contributed by atoms with Crippen LogP contribution >= 0.6 is 0 Å². The van der Waals surface area contributed by atoms with Gasteiger partial charge in [0.2, 0.25) is 10.0 Å². The SMILES string of the molecule is CCC(CC)(CO)NS(=O)(=O)c1cc([N+](=O)[O-])ccc1C. The maximum atomic E-state index is 12.5. The van der Waals surface area contributed by atoms with Crippen molar-refractivity contribution in [2.24, 2.45) is 0 Å². The molecule has 0 radical (unpaired) electrons. The van der Waals surface area contributed by atoms with Crippen LogP contribution in [0, 0.1) is 17.0 Å². The first-order valence-corrected chi connectivity index (χ1v) is 8.09. The molecule has 0 aliphatic carbocycles. The fraction of sp³-hybridized carbons (Fsp3) is 0.538. The minimum absolute atomic E-state index is 0.142. The fourth-order valence-electron chi connectivity index (χ4n) is 1.98. The normalized spacial score (nSPS) is 12.4. The van der Waals surface area contributed by atoms with Crippen LogP contribution in [-0.2, 0) is 10.0 Å². The lowest BCUT2D eigenvalue weighted by Gasteiger charge is -2.30. The molecule has 0 fully saturated rings. The summed E-state index contributed by atoms with van der Waals surface area (Å²) in [4.78, 5) is 10.0. The predicted octanol–water partition coefficient (Wildman–Crippen LogP) is 1.73. The first kappa shape index (κ1) is 17.5. The largest absolute Gasteiger partial charge is 0.394 e.